The highest BCUT2D eigenvalue weighted by Gasteiger charge is 2.20. The van der Waals surface area contributed by atoms with Crippen molar-refractivity contribution in [1.82, 2.24) is 0 Å². The molecular formula is C12H15F2NO. The van der Waals surface area contributed by atoms with Gasteiger partial charge in [-0.1, -0.05) is 0 Å². The van der Waals surface area contributed by atoms with Gasteiger partial charge in [-0.25, -0.2) is 8.78 Å². The van der Waals surface area contributed by atoms with Crippen LogP contribution in [-0.4, -0.2) is 19.3 Å². The van der Waals surface area contributed by atoms with Crippen molar-refractivity contribution in [1.29, 1.82) is 0 Å². The molecule has 1 aromatic rings. The molecule has 0 bridgehead atoms. The van der Waals surface area contributed by atoms with E-state index in [4.69, 9.17) is 4.74 Å². The van der Waals surface area contributed by atoms with Crippen LogP contribution in [0.25, 0.3) is 0 Å². The SMILES string of the molecule is FCCNc1ccc(OC2CCC2)c(F)c1. The van der Waals surface area contributed by atoms with Crippen LogP contribution in [0.4, 0.5) is 14.5 Å². The van der Waals surface area contributed by atoms with Crippen LogP contribution in [0.1, 0.15) is 19.3 Å². The summed E-state index contributed by atoms with van der Waals surface area (Å²) >= 11 is 0. The number of halogens is 2. The highest BCUT2D eigenvalue weighted by atomic mass is 19.1. The predicted octanol–water partition coefficient (Wildman–Crippen LogP) is 3.14. The van der Waals surface area contributed by atoms with Crippen molar-refractivity contribution in [2.24, 2.45) is 0 Å². The Morgan fingerprint density at radius 1 is 1.38 bits per heavy atom. The maximum Gasteiger partial charge on any atom is 0.167 e. The molecule has 0 atom stereocenters. The topological polar surface area (TPSA) is 21.3 Å². The Hall–Kier alpha value is -1.32. The number of ether oxygens (including phenoxy) is 1. The molecule has 1 saturated carbocycles. The summed E-state index contributed by atoms with van der Waals surface area (Å²) < 4.78 is 30.9. The number of benzene rings is 1. The first-order chi connectivity index (χ1) is 7.79. The normalized spacial score (nSPS) is 15.6. The van der Waals surface area contributed by atoms with Crippen molar-refractivity contribution in [3.8, 4) is 5.75 Å². The van der Waals surface area contributed by atoms with Crippen molar-refractivity contribution in [3.63, 3.8) is 0 Å². The molecule has 88 valence electrons. The Morgan fingerprint density at radius 2 is 2.19 bits per heavy atom. The molecule has 0 amide bonds. The lowest BCUT2D eigenvalue weighted by molar-refractivity contribution is 0.115. The minimum absolute atomic E-state index is 0.166. The molecule has 0 aromatic heterocycles. The lowest BCUT2D eigenvalue weighted by atomic mass is 9.96. The van der Waals surface area contributed by atoms with Crippen LogP contribution in [-0.2, 0) is 0 Å². The molecular weight excluding hydrogens is 212 g/mol. The van der Waals surface area contributed by atoms with E-state index in [9.17, 15) is 8.78 Å². The van der Waals surface area contributed by atoms with E-state index in [0.717, 1.165) is 19.3 Å². The lowest BCUT2D eigenvalue weighted by Gasteiger charge is -2.26. The van der Waals surface area contributed by atoms with Crippen molar-refractivity contribution in [3.05, 3.63) is 24.0 Å². The molecule has 0 spiro atoms. The maximum absolute atomic E-state index is 13.5. The molecule has 2 rings (SSSR count). The number of anilines is 1. The Morgan fingerprint density at radius 3 is 2.75 bits per heavy atom. The Labute approximate surface area is 93.6 Å². The number of nitrogens with one attached hydrogen (secondary N) is 1. The first kappa shape index (κ1) is 11.2. The second-order valence-electron chi connectivity index (χ2n) is 3.93. The van der Waals surface area contributed by atoms with Gasteiger partial charge in [0.1, 0.15) is 6.67 Å². The number of hydrogen-bond acceptors (Lipinski definition) is 2. The number of alkyl halides is 1. The zero-order valence-electron chi connectivity index (χ0n) is 9.01. The summed E-state index contributed by atoms with van der Waals surface area (Å²) in [7, 11) is 0. The van der Waals surface area contributed by atoms with Gasteiger partial charge in [0.15, 0.2) is 11.6 Å². The van der Waals surface area contributed by atoms with E-state index >= 15 is 0 Å². The van der Waals surface area contributed by atoms with Gasteiger partial charge in [0.25, 0.3) is 0 Å². The fourth-order valence-corrected chi connectivity index (χ4v) is 1.57. The minimum atomic E-state index is -0.470. The summed E-state index contributed by atoms with van der Waals surface area (Å²) in [6, 6.07) is 4.63. The average Bonchev–Trinajstić information content (AvgIpc) is 2.22. The lowest BCUT2D eigenvalue weighted by Crippen LogP contribution is -2.24. The van der Waals surface area contributed by atoms with Crippen LogP contribution < -0.4 is 10.1 Å². The largest absolute Gasteiger partial charge is 0.487 e. The molecule has 0 heterocycles. The van der Waals surface area contributed by atoms with Crippen molar-refractivity contribution < 1.29 is 13.5 Å². The summed E-state index contributed by atoms with van der Waals surface area (Å²) in [5, 5.41) is 2.77. The van der Waals surface area contributed by atoms with Crippen LogP contribution >= 0.6 is 0 Å². The van der Waals surface area contributed by atoms with Gasteiger partial charge in [0.2, 0.25) is 0 Å². The molecule has 1 aromatic carbocycles. The van der Waals surface area contributed by atoms with Gasteiger partial charge in [0.05, 0.1) is 6.10 Å². The standard InChI is InChI=1S/C12H15F2NO/c13-6-7-15-9-4-5-12(11(14)8-9)16-10-2-1-3-10/h4-5,8,10,15H,1-3,6-7H2. The molecule has 0 saturated heterocycles. The second-order valence-corrected chi connectivity index (χ2v) is 3.93. The van der Waals surface area contributed by atoms with E-state index in [0.29, 0.717) is 5.69 Å². The quantitative estimate of drug-likeness (QED) is 0.834. The van der Waals surface area contributed by atoms with Gasteiger partial charge < -0.3 is 10.1 Å². The smallest absolute Gasteiger partial charge is 0.167 e. The molecule has 0 radical (unpaired) electrons. The molecule has 4 heteroatoms. The summed E-state index contributed by atoms with van der Waals surface area (Å²) in [4.78, 5) is 0. The Kier molecular flexibility index (Phi) is 3.59. The van der Waals surface area contributed by atoms with E-state index in [1.54, 1.807) is 12.1 Å². The maximum atomic E-state index is 13.5. The summed E-state index contributed by atoms with van der Waals surface area (Å²) in [5.74, 6) is -0.105. The highest BCUT2D eigenvalue weighted by molar-refractivity contribution is 5.47. The van der Waals surface area contributed by atoms with Gasteiger partial charge in [-0.05, 0) is 31.4 Å². The van der Waals surface area contributed by atoms with Crippen LogP contribution in [0, 0.1) is 5.82 Å². The zero-order chi connectivity index (χ0) is 11.4. The molecule has 0 aliphatic heterocycles. The minimum Gasteiger partial charge on any atom is -0.487 e. The van der Waals surface area contributed by atoms with E-state index in [1.165, 1.54) is 6.07 Å². The molecule has 1 N–H and O–H groups in total. The fraction of sp³-hybridized carbons (Fsp3) is 0.500. The average molecular weight is 227 g/mol. The number of rotatable bonds is 5. The Bertz CT molecular complexity index is 353. The summed E-state index contributed by atoms with van der Waals surface area (Å²) in [5.41, 5.74) is 0.580. The van der Waals surface area contributed by atoms with Crippen LogP contribution in [0.5, 0.6) is 5.75 Å². The molecule has 16 heavy (non-hydrogen) atoms. The second kappa shape index (κ2) is 5.14. The van der Waals surface area contributed by atoms with Crippen LogP contribution in [0.2, 0.25) is 0 Å². The third kappa shape index (κ3) is 2.62. The predicted molar refractivity (Wildman–Crippen MR) is 59.1 cm³/mol. The number of hydrogen-bond donors (Lipinski definition) is 1. The van der Waals surface area contributed by atoms with E-state index in [2.05, 4.69) is 5.32 Å². The van der Waals surface area contributed by atoms with Gasteiger partial charge in [0, 0.05) is 18.3 Å². The molecule has 0 unspecified atom stereocenters. The van der Waals surface area contributed by atoms with Crippen LogP contribution in [0.3, 0.4) is 0 Å². The van der Waals surface area contributed by atoms with Crippen molar-refractivity contribution in [2.45, 2.75) is 25.4 Å². The fourth-order valence-electron chi connectivity index (χ4n) is 1.57. The molecule has 1 fully saturated rings. The summed E-state index contributed by atoms with van der Waals surface area (Å²) in [6.07, 6.45) is 3.32. The van der Waals surface area contributed by atoms with Gasteiger partial charge >= 0.3 is 0 Å². The van der Waals surface area contributed by atoms with E-state index in [-0.39, 0.29) is 18.4 Å². The van der Waals surface area contributed by atoms with Gasteiger partial charge in [-0.15, -0.1) is 0 Å². The van der Waals surface area contributed by atoms with Crippen molar-refractivity contribution >= 4 is 5.69 Å². The zero-order valence-corrected chi connectivity index (χ0v) is 9.01. The first-order valence-electron chi connectivity index (χ1n) is 5.55. The van der Waals surface area contributed by atoms with Gasteiger partial charge in [-0.2, -0.15) is 0 Å². The molecule has 2 nitrogen and oxygen atoms in total. The van der Waals surface area contributed by atoms with E-state index < -0.39 is 12.5 Å². The van der Waals surface area contributed by atoms with Crippen LogP contribution in [0.15, 0.2) is 18.2 Å². The monoisotopic (exact) mass is 227 g/mol. The van der Waals surface area contributed by atoms with Crippen molar-refractivity contribution in [2.75, 3.05) is 18.5 Å². The molecule has 1 aliphatic carbocycles. The first-order valence-corrected chi connectivity index (χ1v) is 5.55. The highest BCUT2D eigenvalue weighted by Crippen LogP contribution is 2.28. The van der Waals surface area contributed by atoms with E-state index in [1.807, 2.05) is 0 Å². The summed E-state index contributed by atoms with van der Waals surface area (Å²) in [6.45, 7) is -0.274. The third-order valence-electron chi connectivity index (χ3n) is 2.70. The Balaban J connectivity index is 1.97. The molecule has 1 aliphatic rings. The third-order valence-corrected chi connectivity index (χ3v) is 2.70. The van der Waals surface area contributed by atoms with Gasteiger partial charge in [-0.3, -0.25) is 0 Å².